The maximum Gasteiger partial charge on any atom is 0.374 e. The van der Waals surface area contributed by atoms with Gasteiger partial charge in [-0.2, -0.15) is 13.0 Å². The van der Waals surface area contributed by atoms with Crippen molar-refractivity contribution in [2.24, 2.45) is 0 Å². The van der Waals surface area contributed by atoms with Crippen molar-refractivity contribution in [3.63, 3.8) is 0 Å². The van der Waals surface area contributed by atoms with Crippen LogP contribution in [-0.4, -0.2) is 44.0 Å². The van der Waals surface area contributed by atoms with Gasteiger partial charge in [0.1, 0.15) is 10.1 Å². The van der Waals surface area contributed by atoms with E-state index in [9.17, 15) is 25.9 Å². The molecule has 0 fully saturated rings. The number of ether oxygens (including phenoxy) is 1. The topological polar surface area (TPSA) is 141 Å². The largest absolute Gasteiger partial charge is 0.748 e. The molecule has 0 radical (unpaired) electrons. The van der Waals surface area contributed by atoms with Crippen molar-refractivity contribution in [3.8, 4) is 16.9 Å². The van der Waals surface area contributed by atoms with Crippen LogP contribution < -0.4 is 14.2 Å². The molecule has 0 amide bonds. The van der Waals surface area contributed by atoms with E-state index in [4.69, 9.17) is 20.8 Å². The van der Waals surface area contributed by atoms with Crippen LogP contribution in [0.4, 0.5) is 5.69 Å². The predicted molar refractivity (Wildman–Crippen MR) is 163 cm³/mol. The van der Waals surface area contributed by atoms with E-state index in [1.807, 2.05) is 49.4 Å². The second-order valence-corrected chi connectivity index (χ2v) is 13.5. The first-order valence-corrected chi connectivity index (χ1v) is 17.0. The van der Waals surface area contributed by atoms with Gasteiger partial charge in [0.25, 0.3) is 15.6 Å². The standard InChI is InChI=1S/C30H29ClN2O8S2/c1-2-21(17-29-32(13-6-15-42(34,35)36)26-20-24(31)10-12-28(26)41-29)18-30-33(14-16-43(37,38)39)25-19-23(9-11-27(25)40-30)22-7-4-3-5-8-22/h3-5,7-12,17-20H,2,6,13-16H2,1H3,(H-,34,35,36,37,38,39). The van der Waals surface area contributed by atoms with Crippen LogP contribution >= 0.6 is 11.6 Å². The molecule has 13 heteroatoms. The Morgan fingerprint density at radius 2 is 1.79 bits per heavy atom. The number of nitrogens with zero attached hydrogens (tertiary/aromatic N) is 2. The number of aryl methyl sites for hydroxylation is 1. The Labute approximate surface area is 255 Å². The van der Waals surface area contributed by atoms with E-state index >= 15 is 0 Å². The summed E-state index contributed by atoms with van der Waals surface area (Å²) in [7, 11) is -8.65. The minimum atomic E-state index is -4.50. The van der Waals surface area contributed by atoms with E-state index in [1.54, 1.807) is 45.9 Å². The first-order valence-electron chi connectivity index (χ1n) is 13.5. The van der Waals surface area contributed by atoms with Crippen molar-refractivity contribution in [2.45, 2.75) is 26.3 Å². The number of fused-ring (bicyclic) bond motifs is 2. The fourth-order valence-corrected chi connectivity index (χ4v) is 5.90. The highest BCUT2D eigenvalue weighted by Crippen LogP contribution is 2.41. The number of oxazole rings is 1. The predicted octanol–water partition coefficient (Wildman–Crippen LogP) is 5.40. The van der Waals surface area contributed by atoms with Crippen molar-refractivity contribution in [3.05, 3.63) is 95.2 Å². The van der Waals surface area contributed by atoms with Crippen LogP contribution in [0.3, 0.4) is 0 Å². The van der Waals surface area contributed by atoms with Crippen molar-refractivity contribution in [1.82, 2.24) is 0 Å². The Balaban J connectivity index is 1.55. The Morgan fingerprint density at radius 1 is 1.02 bits per heavy atom. The van der Waals surface area contributed by atoms with Gasteiger partial charge in [-0.3, -0.25) is 4.55 Å². The molecular formula is C30H29ClN2O8S2. The molecule has 5 rings (SSSR count). The van der Waals surface area contributed by atoms with Crippen LogP contribution in [0.5, 0.6) is 5.75 Å². The molecule has 43 heavy (non-hydrogen) atoms. The summed E-state index contributed by atoms with van der Waals surface area (Å²) in [5.41, 5.74) is 4.41. The van der Waals surface area contributed by atoms with Gasteiger partial charge in [-0.05, 0) is 53.8 Å². The summed E-state index contributed by atoms with van der Waals surface area (Å²) in [5.74, 6) is 0.249. The van der Waals surface area contributed by atoms with Crippen LogP contribution in [0.25, 0.3) is 28.3 Å². The Hall–Kier alpha value is -3.68. The molecule has 1 aliphatic heterocycles. The number of anilines is 1. The molecule has 2 heterocycles. The maximum absolute atomic E-state index is 11.6. The monoisotopic (exact) mass is 644 g/mol. The smallest absolute Gasteiger partial charge is 0.374 e. The molecule has 10 nitrogen and oxygen atoms in total. The molecule has 3 aromatic carbocycles. The minimum absolute atomic E-state index is 0.112. The molecule has 1 aromatic heterocycles. The molecule has 0 bridgehead atoms. The average Bonchev–Trinajstić information content (AvgIpc) is 3.47. The maximum atomic E-state index is 11.6. The van der Waals surface area contributed by atoms with Crippen molar-refractivity contribution < 1.29 is 39.7 Å². The van der Waals surface area contributed by atoms with Crippen molar-refractivity contribution in [1.29, 1.82) is 0 Å². The van der Waals surface area contributed by atoms with Gasteiger partial charge in [0, 0.05) is 23.7 Å². The Kier molecular flexibility index (Phi) is 8.95. The molecule has 0 unspecified atom stereocenters. The van der Waals surface area contributed by atoms with Crippen molar-refractivity contribution >= 4 is 54.7 Å². The van der Waals surface area contributed by atoms with Gasteiger partial charge in [-0.1, -0.05) is 54.9 Å². The zero-order valence-corrected chi connectivity index (χ0v) is 25.5. The average molecular weight is 645 g/mol. The summed E-state index contributed by atoms with van der Waals surface area (Å²) in [5, 5.41) is 0.473. The third-order valence-corrected chi connectivity index (χ3v) is 8.63. The van der Waals surface area contributed by atoms with Crippen LogP contribution in [0, 0.1) is 0 Å². The number of allylic oxidation sites excluding steroid dienone is 2. The highest BCUT2D eigenvalue weighted by Gasteiger charge is 2.28. The minimum Gasteiger partial charge on any atom is -0.748 e. The van der Waals surface area contributed by atoms with Gasteiger partial charge >= 0.3 is 5.89 Å². The van der Waals surface area contributed by atoms with Crippen LogP contribution in [0.15, 0.2) is 88.7 Å². The first kappa shape index (κ1) is 30.8. The zero-order valence-electron chi connectivity index (χ0n) is 23.1. The number of hydrogen-bond acceptors (Lipinski definition) is 8. The van der Waals surface area contributed by atoms with E-state index < -0.39 is 31.7 Å². The molecule has 0 aliphatic carbocycles. The van der Waals surface area contributed by atoms with Crippen LogP contribution in [-0.2, 0) is 26.8 Å². The highest BCUT2D eigenvalue weighted by atomic mass is 35.5. The number of halogens is 1. The summed E-state index contributed by atoms with van der Waals surface area (Å²) < 4.78 is 80.5. The zero-order chi connectivity index (χ0) is 30.8. The Morgan fingerprint density at radius 3 is 2.49 bits per heavy atom. The summed E-state index contributed by atoms with van der Waals surface area (Å²) in [6.07, 6.45) is 4.18. The SMILES string of the molecule is CCC(=Cc1oc2ccc(-c3ccccc3)cc2[n+]1CCS(=O)(=O)[O-])C=C1Oc2ccc(Cl)cc2N1CCCS(=O)(=O)O. The van der Waals surface area contributed by atoms with Crippen LogP contribution in [0.2, 0.25) is 5.02 Å². The molecule has 1 aliphatic rings. The van der Waals surface area contributed by atoms with Gasteiger partial charge in [-0.15, -0.1) is 0 Å². The lowest BCUT2D eigenvalue weighted by Gasteiger charge is -2.18. The van der Waals surface area contributed by atoms with Crippen LogP contribution in [0.1, 0.15) is 25.7 Å². The third-order valence-electron chi connectivity index (χ3n) is 6.90. The summed E-state index contributed by atoms with van der Waals surface area (Å²) in [4.78, 5) is 1.78. The lowest BCUT2D eigenvalue weighted by Crippen LogP contribution is -2.38. The molecule has 1 N–H and O–H groups in total. The van der Waals surface area contributed by atoms with Gasteiger partial charge in [0.05, 0.1) is 23.3 Å². The molecule has 0 saturated heterocycles. The van der Waals surface area contributed by atoms with E-state index in [0.717, 1.165) is 16.7 Å². The molecule has 4 aromatic rings. The molecule has 226 valence electrons. The quantitative estimate of drug-likeness (QED) is 0.168. The summed E-state index contributed by atoms with van der Waals surface area (Å²) in [6, 6.07) is 20.4. The molecular weight excluding hydrogens is 616 g/mol. The van der Waals surface area contributed by atoms with Crippen molar-refractivity contribution in [2.75, 3.05) is 23.0 Å². The third kappa shape index (κ3) is 7.64. The first-order chi connectivity index (χ1) is 20.4. The fraction of sp³-hybridized carbons (Fsp3) is 0.233. The molecule has 0 saturated carbocycles. The lowest BCUT2D eigenvalue weighted by molar-refractivity contribution is -0.673. The number of rotatable bonds is 11. The molecule has 0 spiro atoms. The number of hydrogen-bond donors (Lipinski definition) is 1. The van der Waals surface area contributed by atoms with E-state index in [0.29, 0.717) is 45.8 Å². The fourth-order valence-electron chi connectivity index (χ4n) is 4.83. The van der Waals surface area contributed by atoms with E-state index in [2.05, 4.69) is 0 Å². The van der Waals surface area contributed by atoms with Gasteiger partial charge < -0.3 is 18.6 Å². The van der Waals surface area contributed by atoms with E-state index in [1.165, 1.54) is 0 Å². The van der Waals surface area contributed by atoms with Gasteiger partial charge in [-0.25, -0.2) is 8.42 Å². The molecule has 0 atom stereocenters. The number of aromatic nitrogens is 1. The second kappa shape index (κ2) is 12.5. The summed E-state index contributed by atoms with van der Waals surface area (Å²) >= 11 is 6.22. The Bertz CT molecular complexity index is 1940. The second-order valence-electron chi connectivity index (χ2n) is 9.96. The van der Waals surface area contributed by atoms with Gasteiger partial charge in [0.15, 0.2) is 12.3 Å². The highest BCUT2D eigenvalue weighted by molar-refractivity contribution is 7.85. The normalized spacial score (nSPS) is 14.8. The number of benzene rings is 3. The lowest BCUT2D eigenvalue weighted by atomic mass is 10.1. The van der Waals surface area contributed by atoms with E-state index in [-0.39, 0.29) is 19.5 Å². The summed E-state index contributed by atoms with van der Waals surface area (Å²) in [6.45, 7) is 2.04. The van der Waals surface area contributed by atoms with Gasteiger partial charge in [0.2, 0.25) is 11.5 Å².